The van der Waals surface area contributed by atoms with Crippen molar-refractivity contribution in [3.05, 3.63) is 0 Å². The lowest BCUT2D eigenvalue weighted by atomic mass is 9.79. The second kappa shape index (κ2) is 11.1. The molecule has 0 aromatic rings. The maximum absolute atomic E-state index is 11.7. The van der Waals surface area contributed by atoms with Gasteiger partial charge in [0.1, 0.15) is 6.10 Å². The summed E-state index contributed by atoms with van der Waals surface area (Å²) < 4.78 is 17.8. The molecular weight excluding hydrogens is 461 g/mol. The summed E-state index contributed by atoms with van der Waals surface area (Å²) in [6.45, 7) is 6.65. The van der Waals surface area contributed by atoms with Crippen LogP contribution in [0.3, 0.4) is 0 Å². The largest absolute Gasteiger partial charge is 0.462 e. The van der Waals surface area contributed by atoms with Gasteiger partial charge in [0.25, 0.3) is 0 Å². The fourth-order valence-corrected chi connectivity index (χ4v) is 24.0. The molecule has 1 saturated carbocycles. The van der Waals surface area contributed by atoms with Crippen molar-refractivity contribution in [2.24, 2.45) is 17.3 Å². The van der Waals surface area contributed by atoms with Crippen molar-refractivity contribution in [1.82, 2.24) is 0 Å². The summed E-state index contributed by atoms with van der Waals surface area (Å²) in [7, 11) is 11.5. The van der Waals surface area contributed by atoms with Crippen molar-refractivity contribution >= 4 is 64.7 Å². The van der Waals surface area contributed by atoms with Gasteiger partial charge in [-0.3, -0.25) is 4.79 Å². The van der Waals surface area contributed by atoms with E-state index in [1.807, 2.05) is 0 Å². The highest BCUT2D eigenvalue weighted by molar-refractivity contribution is 8.86. The van der Waals surface area contributed by atoms with Crippen molar-refractivity contribution in [1.29, 1.82) is 0 Å². The van der Waals surface area contributed by atoms with E-state index in [9.17, 15) is 4.79 Å². The molecule has 0 aromatic carbocycles. The first-order valence-electron chi connectivity index (χ1n) is 9.01. The summed E-state index contributed by atoms with van der Waals surface area (Å²) >= 11 is 0. The first-order valence-corrected chi connectivity index (χ1v) is 19.7. The van der Waals surface area contributed by atoms with Crippen LogP contribution in [-0.2, 0) is 18.6 Å². The molecule has 26 heavy (non-hydrogen) atoms. The average Bonchev–Trinajstić information content (AvgIpc) is 3.10. The summed E-state index contributed by atoms with van der Waals surface area (Å²) in [5, 5.41) is 0. The van der Waals surface area contributed by atoms with Crippen LogP contribution in [0.4, 0.5) is 0 Å². The van der Waals surface area contributed by atoms with Gasteiger partial charge < -0.3 is 13.8 Å². The van der Waals surface area contributed by atoms with E-state index in [4.69, 9.17) is 13.8 Å². The molecule has 4 nitrogen and oxygen atoms in total. The topological polar surface area (TPSA) is 44.8 Å². The Hall–Kier alpha value is 2.40. The van der Waals surface area contributed by atoms with Crippen LogP contribution >= 0.6 is 58.7 Å². The van der Waals surface area contributed by atoms with Crippen molar-refractivity contribution in [2.45, 2.75) is 71.2 Å². The summed E-state index contributed by atoms with van der Waals surface area (Å²) in [6.07, 6.45) is 4.96. The molecule has 0 N–H and O–H groups in total. The van der Waals surface area contributed by atoms with Crippen LogP contribution in [0, 0.1) is 17.3 Å². The number of rotatable bonds is 10. The zero-order chi connectivity index (χ0) is 19.5. The van der Waals surface area contributed by atoms with Crippen LogP contribution in [0.15, 0.2) is 0 Å². The highest BCUT2D eigenvalue weighted by Crippen LogP contribution is 2.89. The Morgan fingerprint density at radius 1 is 1.42 bits per heavy atom. The van der Waals surface area contributed by atoms with E-state index in [-0.39, 0.29) is 36.7 Å². The molecule has 2 rings (SSSR count). The van der Waals surface area contributed by atoms with E-state index in [0.717, 1.165) is 33.6 Å². The SMILES string of the molecule is CCC(C)(C)C(CCC1C(OP)CC2OC(=O)CC21)OP(PP)P(P)P. The summed E-state index contributed by atoms with van der Waals surface area (Å²) in [5.41, 5.74) is 0.142. The molecule has 2 aliphatic rings. The van der Waals surface area contributed by atoms with Gasteiger partial charge in [-0.1, -0.05) is 20.8 Å². The third-order valence-corrected chi connectivity index (χ3v) is 25.0. The van der Waals surface area contributed by atoms with E-state index in [1.165, 1.54) is 0 Å². The van der Waals surface area contributed by atoms with Crippen molar-refractivity contribution in [3.63, 3.8) is 0 Å². The van der Waals surface area contributed by atoms with Crippen LogP contribution in [-0.4, -0.2) is 24.3 Å². The van der Waals surface area contributed by atoms with Gasteiger partial charge in [0.2, 0.25) is 0 Å². The fraction of sp³-hybridized carbons (Fsp3) is 0.933. The molecule has 0 spiro atoms. The Kier molecular flexibility index (Phi) is 10.6. The lowest BCUT2D eigenvalue weighted by Gasteiger charge is -2.37. The molecule has 11 unspecified atom stereocenters. The van der Waals surface area contributed by atoms with Crippen LogP contribution < -0.4 is 0 Å². The normalized spacial score (nSPS) is 31.6. The van der Waals surface area contributed by atoms with Crippen molar-refractivity contribution < 1.29 is 18.6 Å². The van der Waals surface area contributed by atoms with Gasteiger partial charge in [0.05, 0.1) is 26.2 Å². The Balaban J connectivity index is 2.06. The standard InChI is InChI=1S/C15H33O4P7/c1-4-15(2,3)13(19-25(24-21)26(22)23)6-5-9-10-7-14(16)17-11(10)8-12(9)18-20/h9-13,24H,4-8,20-23H2,1-3H3. The van der Waals surface area contributed by atoms with E-state index in [0.29, 0.717) is 18.3 Å². The predicted octanol–water partition coefficient (Wildman–Crippen LogP) is 6.47. The van der Waals surface area contributed by atoms with Crippen molar-refractivity contribution in [2.75, 3.05) is 0 Å². The maximum Gasteiger partial charge on any atom is 0.306 e. The zero-order valence-corrected chi connectivity index (χ0v) is 23.2. The molecule has 11 atom stereocenters. The third kappa shape index (κ3) is 6.20. The second-order valence-electron chi connectivity index (χ2n) is 7.77. The van der Waals surface area contributed by atoms with Gasteiger partial charge in [0.15, 0.2) is 0 Å². The zero-order valence-electron chi connectivity index (χ0n) is 15.8. The van der Waals surface area contributed by atoms with E-state index in [1.54, 1.807) is 0 Å². The van der Waals surface area contributed by atoms with Gasteiger partial charge in [0, 0.05) is 21.8 Å². The molecule has 11 heteroatoms. The lowest BCUT2D eigenvalue weighted by Crippen LogP contribution is -2.32. The molecule has 1 aliphatic carbocycles. The Labute approximate surface area is 171 Å². The number of carbonyl (C=O) groups is 1. The molecule has 0 bridgehead atoms. The molecule has 2 fully saturated rings. The number of esters is 1. The number of fused-ring (bicyclic) bond motifs is 1. The summed E-state index contributed by atoms with van der Waals surface area (Å²) in [6, 6.07) is 0. The minimum absolute atomic E-state index is 0.0433. The number of carbonyl (C=O) groups excluding carboxylic acids is 1. The van der Waals surface area contributed by atoms with Gasteiger partial charge >= 0.3 is 5.97 Å². The highest BCUT2D eigenvalue weighted by Gasteiger charge is 2.50. The molecular formula is C15H33O4P7. The lowest BCUT2D eigenvalue weighted by molar-refractivity contribution is -0.141. The summed E-state index contributed by atoms with van der Waals surface area (Å²) in [4.78, 5) is 11.7. The Bertz CT molecular complexity index is 479. The van der Waals surface area contributed by atoms with Crippen LogP contribution in [0.5, 0.6) is 0 Å². The van der Waals surface area contributed by atoms with Gasteiger partial charge in [-0.15, -0.1) is 26.8 Å². The third-order valence-electron chi connectivity index (χ3n) is 5.92. The van der Waals surface area contributed by atoms with E-state index < -0.39 is 7.53 Å². The maximum atomic E-state index is 11.7. The predicted molar refractivity (Wildman–Crippen MR) is 130 cm³/mol. The molecule has 0 radical (unpaired) electrons. The molecule has 152 valence electrons. The Morgan fingerprint density at radius 3 is 2.65 bits per heavy atom. The smallest absolute Gasteiger partial charge is 0.306 e. The van der Waals surface area contributed by atoms with Crippen LogP contribution in [0.25, 0.3) is 0 Å². The monoisotopic (exact) mass is 494 g/mol. The number of hydrogen-bond donors (Lipinski definition) is 0. The molecule has 1 heterocycles. The van der Waals surface area contributed by atoms with Gasteiger partial charge in [-0.2, -0.15) is 0 Å². The average molecular weight is 494 g/mol. The van der Waals surface area contributed by atoms with Crippen molar-refractivity contribution in [3.8, 4) is 0 Å². The van der Waals surface area contributed by atoms with Gasteiger partial charge in [-0.25, -0.2) is 0 Å². The highest BCUT2D eigenvalue weighted by atomic mass is 32.9. The number of ether oxygens (including phenoxy) is 1. The Morgan fingerprint density at radius 2 is 2.12 bits per heavy atom. The van der Waals surface area contributed by atoms with Crippen LogP contribution in [0.2, 0.25) is 0 Å². The molecule has 0 amide bonds. The number of hydrogen-bond acceptors (Lipinski definition) is 4. The summed E-state index contributed by atoms with van der Waals surface area (Å²) in [5.74, 6) is 0.642. The van der Waals surface area contributed by atoms with Crippen LogP contribution in [0.1, 0.15) is 52.9 Å². The minimum atomic E-state index is -0.416. The minimum Gasteiger partial charge on any atom is -0.462 e. The molecule has 1 saturated heterocycles. The fourth-order valence-electron chi connectivity index (χ4n) is 3.94. The van der Waals surface area contributed by atoms with Gasteiger partial charge in [-0.05, 0) is 45.5 Å². The van der Waals surface area contributed by atoms with E-state index >= 15 is 0 Å². The second-order valence-corrected chi connectivity index (χ2v) is 25.5. The quantitative estimate of drug-likeness (QED) is 0.258. The first-order chi connectivity index (χ1) is 12.2. The van der Waals surface area contributed by atoms with E-state index in [2.05, 4.69) is 57.0 Å². The molecule has 1 aliphatic heterocycles. The molecule has 0 aromatic heterocycles. The first kappa shape index (κ1) is 24.7.